The van der Waals surface area contributed by atoms with E-state index in [1.807, 2.05) is 0 Å². The summed E-state index contributed by atoms with van der Waals surface area (Å²) in [7, 11) is 0. The molecule has 9 atom stereocenters. The van der Waals surface area contributed by atoms with Gasteiger partial charge in [-0.15, -0.1) is 0 Å². The van der Waals surface area contributed by atoms with Crippen LogP contribution in [0.15, 0.2) is 0 Å². The molecular formula is C22H38O2. The number of aliphatic hydroxyl groups is 2. The highest BCUT2D eigenvalue weighted by molar-refractivity contribution is 5.07. The molecule has 0 bridgehead atoms. The van der Waals surface area contributed by atoms with Crippen molar-refractivity contribution in [2.75, 3.05) is 0 Å². The van der Waals surface area contributed by atoms with E-state index in [4.69, 9.17) is 0 Å². The van der Waals surface area contributed by atoms with Crippen LogP contribution in [0.4, 0.5) is 0 Å². The van der Waals surface area contributed by atoms with E-state index in [9.17, 15) is 10.2 Å². The van der Waals surface area contributed by atoms with Gasteiger partial charge in [-0.3, -0.25) is 0 Å². The molecule has 138 valence electrons. The lowest BCUT2D eigenvalue weighted by Crippen LogP contribution is -2.51. The molecule has 0 aliphatic heterocycles. The Bertz CT molecular complexity index is 473. The minimum absolute atomic E-state index is 0.0855. The van der Waals surface area contributed by atoms with E-state index >= 15 is 0 Å². The molecule has 0 aromatic carbocycles. The average Bonchev–Trinajstić information content (AvgIpc) is 2.90. The fourth-order valence-corrected chi connectivity index (χ4v) is 8.04. The Morgan fingerprint density at radius 1 is 0.917 bits per heavy atom. The lowest BCUT2D eigenvalue weighted by Gasteiger charge is -2.57. The summed E-state index contributed by atoms with van der Waals surface area (Å²) in [4.78, 5) is 0. The second kappa shape index (κ2) is 5.98. The van der Waals surface area contributed by atoms with Gasteiger partial charge >= 0.3 is 0 Å². The molecule has 0 aromatic heterocycles. The minimum Gasteiger partial charge on any atom is -0.393 e. The SMILES string of the molecule is CCC(O)[C@H]1CC[C@H]2[C@@H]3CC[C@@H]4CC(C)(O)CC[C@@H]4[C@H]3CC[C@]12C. The van der Waals surface area contributed by atoms with Crippen LogP contribution in [-0.4, -0.2) is 21.9 Å². The predicted molar refractivity (Wildman–Crippen MR) is 97.5 cm³/mol. The van der Waals surface area contributed by atoms with Crippen molar-refractivity contribution in [1.82, 2.24) is 0 Å². The van der Waals surface area contributed by atoms with E-state index < -0.39 is 5.60 Å². The van der Waals surface area contributed by atoms with E-state index in [0.717, 1.165) is 48.9 Å². The van der Waals surface area contributed by atoms with Gasteiger partial charge < -0.3 is 10.2 Å². The Balaban J connectivity index is 1.53. The average molecular weight is 335 g/mol. The quantitative estimate of drug-likeness (QED) is 0.763. The van der Waals surface area contributed by atoms with Crippen molar-refractivity contribution in [3.05, 3.63) is 0 Å². The molecule has 4 aliphatic rings. The van der Waals surface area contributed by atoms with Crippen molar-refractivity contribution >= 4 is 0 Å². The van der Waals surface area contributed by atoms with Crippen LogP contribution in [0.25, 0.3) is 0 Å². The number of fused-ring (bicyclic) bond motifs is 5. The van der Waals surface area contributed by atoms with E-state index in [2.05, 4.69) is 20.8 Å². The Morgan fingerprint density at radius 2 is 1.67 bits per heavy atom. The Kier molecular flexibility index (Phi) is 4.32. The Morgan fingerprint density at radius 3 is 2.42 bits per heavy atom. The van der Waals surface area contributed by atoms with E-state index in [1.54, 1.807) is 0 Å². The van der Waals surface area contributed by atoms with Crippen LogP contribution in [0.1, 0.15) is 85.0 Å². The zero-order chi connectivity index (χ0) is 17.1. The summed E-state index contributed by atoms with van der Waals surface area (Å²) in [5.74, 6) is 4.86. The summed E-state index contributed by atoms with van der Waals surface area (Å²) in [6.07, 6.45) is 12.2. The zero-order valence-electron chi connectivity index (χ0n) is 16.0. The first-order valence-corrected chi connectivity index (χ1v) is 10.8. The number of hydrogen-bond acceptors (Lipinski definition) is 2. The molecule has 4 fully saturated rings. The van der Waals surface area contributed by atoms with Gasteiger partial charge in [-0.25, -0.2) is 0 Å². The maximum Gasteiger partial charge on any atom is 0.0622 e. The fraction of sp³-hybridized carbons (Fsp3) is 1.00. The van der Waals surface area contributed by atoms with Crippen molar-refractivity contribution in [3.8, 4) is 0 Å². The monoisotopic (exact) mass is 334 g/mol. The zero-order valence-corrected chi connectivity index (χ0v) is 16.0. The second-order valence-corrected chi connectivity index (χ2v) is 10.4. The van der Waals surface area contributed by atoms with E-state index in [1.165, 1.54) is 44.9 Å². The maximum atomic E-state index is 10.6. The molecule has 0 spiro atoms. The molecule has 2 N–H and O–H groups in total. The molecule has 2 heteroatoms. The van der Waals surface area contributed by atoms with Gasteiger partial charge in [0.05, 0.1) is 11.7 Å². The van der Waals surface area contributed by atoms with Crippen LogP contribution in [0, 0.1) is 40.9 Å². The molecule has 4 rings (SSSR count). The van der Waals surface area contributed by atoms with Gasteiger partial charge in [-0.05, 0) is 112 Å². The largest absolute Gasteiger partial charge is 0.393 e. The van der Waals surface area contributed by atoms with Crippen LogP contribution in [-0.2, 0) is 0 Å². The van der Waals surface area contributed by atoms with E-state index in [-0.39, 0.29) is 6.10 Å². The highest BCUT2D eigenvalue weighted by atomic mass is 16.3. The topological polar surface area (TPSA) is 40.5 Å². The van der Waals surface area contributed by atoms with Gasteiger partial charge in [0.15, 0.2) is 0 Å². The lowest BCUT2D eigenvalue weighted by atomic mass is 9.49. The lowest BCUT2D eigenvalue weighted by molar-refractivity contribution is -0.108. The third-order valence-corrected chi connectivity index (χ3v) is 9.19. The first-order valence-electron chi connectivity index (χ1n) is 10.8. The highest BCUT2D eigenvalue weighted by Crippen LogP contribution is 2.65. The standard InChI is InChI=1S/C22H38O2/c1-4-20(23)19-8-7-18-17-6-5-14-13-21(2,24)11-9-15(14)16(17)10-12-22(18,19)3/h14-20,23-24H,4-13H2,1-3H3/t14-,15+,16-,17-,18+,19-,20?,21?,22+/m1/s1. The Labute approximate surface area is 148 Å². The molecule has 2 nitrogen and oxygen atoms in total. The summed E-state index contributed by atoms with van der Waals surface area (Å²) in [6.45, 7) is 6.72. The third-order valence-electron chi connectivity index (χ3n) is 9.19. The van der Waals surface area contributed by atoms with Gasteiger partial charge in [0.1, 0.15) is 0 Å². The molecule has 4 aliphatic carbocycles. The maximum absolute atomic E-state index is 10.6. The number of aliphatic hydroxyl groups excluding tert-OH is 1. The normalized spacial score (nSPS) is 55.4. The van der Waals surface area contributed by atoms with Crippen molar-refractivity contribution in [2.24, 2.45) is 40.9 Å². The third kappa shape index (κ3) is 2.58. The highest BCUT2D eigenvalue weighted by Gasteiger charge is 2.58. The van der Waals surface area contributed by atoms with E-state index in [0.29, 0.717) is 11.3 Å². The number of rotatable bonds is 2. The van der Waals surface area contributed by atoms with Crippen molar-refractivity contribution in [3.63, 3.8) is 0 Å². The summed E-state index contributed by atoms with van der Waals surface area (Å²) >= 11 is 0. The molecule has 24 heavy (non-hydrogen) atoms. The molecule has 0 amide bonds. The smallest absolute Gasteiger partial charge is 0.0622 e. The predicted octanol–water partition coefficient (Wildman–Crippen LogP) is 4.78. The van der Waals surface area contributed by atoms with Gasteiger partial charge in [-0.1, -0.05) is 13.8 Å². The summed E-state index contributed by atoms with van der Waals surface area (Å²) in [5.41, 5.74) is -0.00946. The van der Waals surface area contributed by atoms with Crippen LogP contribution in [0.3, 0.4) is 0 Å². The van der Waals surface area contributed by atoms with Crippen molar-refractivity contribution in [2.45, 2.75) is 96.7 Å². The fourth-order valence-electron chi connectivity index (χ4n) is 8.04. The molecule has 0 aromatic rings. The number of hydrogen-bond donors (Lipinski definition) is 2. The first-order chi connectivity index (χ1) is 11.4. The summed E-state index contributed by atoms with van der Waals surface area (Å²) in [6, 6.07) is 0. The van der Waals surface area contributed by atoms with Crippen molar-refractivity contribution < 1.29 is 10.2 Å². The second-order valence-electron chi connectivity index (χ2n) is 10.4. The molecule has 2 unspecified atom stereocenters. The van der Waals surface area contributed by atoms with Gasteiger partial charge in [0.2, 0.25) is 0 Å². The van der Waals surface area contributed by atoms with Gasteiger partial charge in [0, 0.05) is 0 Å². The molecular weight excluding hydrogens is 296 g/mol. The van der Waals surface area contributed by atoms with Crippen LogP contribution >= 0.6 is 0 Å². The van der Waals surface area contributed by atoms with Crippen molar-refractivity contribution in [1.29, 1.82) is 0 Å². The molecule has 0 saturated heterocycles. The van der Waals surface area contributed by atoms with Gasteiger partial charge in [0.25, 0.3) is 0 Å². The minimum atomic E-state index is -0.402. The van der Waals surface area contributed by atoms with Crippen LogP contribution in [0.5, 0.6) is 0 Å². The van der Waals surface area contributed by atoms with Crippen LogP contribution < -0.4 is 0 Å². The molecule has 0 heterocycles. The van der Waals surface area contributed by atoms with Crippen LogP contribution in [0.2, 0.25) is 0 Å². The molecule has 0 radical (unpaired) electrons. The first kappa shape index (κ1) is 17.3. The molecule has 4 saturated carbocycles. The van der Waals surface area contributed by atoms with Gasteiger partial charge in [-0.2, -0.15) is 0 Å². The summed E-state index contributed by atoms with van der Waals surface area (Å²) in [5, 5.41) is 21.1. The Hall–Kier alpha value is -0.0800. The summed E-state index contributed by atoms with van der Waals surface area (Å²) < 4.78 is 0.